The molecule has 3 aromatic rings. The fraction of sp³-hybridized carbons (Fsp3) is 0.235. The van der Waals surface area contributed by atoms with Gasteiger partial charge in [-0.1, -0.05) is 29.8 Å². The molecule has 3 rings (SSSR count). The zero-order valence-electron chi connectivity index (χ0n) is 12.2. The van der Waals surface area contributed by atoms with Crippen molar-refractivity contribution >= 4 is 28.3 Å². The molecule has 0 saturated heterocycles. The zero-order chi connectivity index (χ0) is 14.8. The molecule has 1 N–H and O–H groups in total. The summed E-state index contributed by atoms with van der Waals surface area (Å²) in [5.74, 6) is 1.03. The van der Waals surface area contributed by atoms with E-state index in [2.05, 4.69) is 41.9 Å². The largest absolute Gasteiger partial charge is 0.378 e. The van der Waals surface area contributed by atoms with E-state index in [1.54, 1.807) is 0 Å². The van der Waals surface area contributed by atoms with E-state index in [4.69, 9.17) is 16.6 Å². The summed E-state index contributed by atoms with van der Waals surface area (Å²) in [4.78, 5) is 4.74. The molecule has 0 saturated carbocycles. The topological polar surface area (TPSA) is 29.9 Å². The number of nitrogens with zero attached hydrogens (tertiary/aromatic N) is 2. The highest BCUT2D eigenvalue weighted by Gasteiger charge is 2.12. The van der Waals surface area contributed by atoms with Gasteiger partial charge < -0.3 is 9.88 Å². The van der Waals surface area contributed by atoms with E-state index in [9.17, 15) is 0 Å². The van der Waals surface area contributed by atoms with E-state index in [0.717, 1.165) is 22.1 Å². The Morgan fingerprint density at radius 2 is 1.95 bits per heavy atom. The van der Waals surface area contributed by atoms with Gasteiger partial charge in [0.15, 0.2) is 0 Å². The van der Waals surface area contributed by atoms with Crippen LogP contribution in [0.1, 0.15) is 25.7 Å². The Morgan fingerprint density at radius 3 is 2.71 bits per heavy atom. The van der Waals surface area contributed by atoms with Gasteiger partial charge in [0.2, 0.25) is 0 Å². The summed E-state index contributed by atoms with van der Waals surface area (Å²) in [6.45, 7) is 5.03. The lowest BCUT2D eigenvalue weighted by Crippen LogP contribution is -2.10. The fourth-order valence-electron chi connectivity index (χ4n) is 2.57. The number of hydrogen-bond acceptors (Lipinski definition) is 2. The van der Waals surface area contributed by atoms with Gasteiger partial charge in [0.1, 0.15) is 5.82 Å². The molecule has 0 bridgehead atoms. The fourth-order valence-corrected chi connectivity index (χ4v) is 2.77. The lowest BCUT2D eigenvalue weighted by atomic mass is 10.3. The van der Waals surface area contributed by atoms with Crippen LogP contribution in [-0.4, -0.2) is 9.55 Å². The van der Waals surface area contributed by atoms with Crippen LogP contribution in [0.25, 0.3) is 11.0 Å². The molecule has 1 heterocycles. The SMILES string of the molecule is CC(C)n1c(CNc2cccc(Cl)c2)nc2ccccc21. The van der Waals surface area contributed by atoms with E-state index in [-0.39, 0.29) is 0 Å². The van der Waals surface area contributed by atoms with Crippen LogP contribution in [0.5, 0.6) is 0 Å². The average Bonchev–Trinajstić information content (AvgIpc) is 2.83. The highest BCUT2D eigenvalue weighted by molar-refractivity contribution is 6.30. The van der Waals surface area contributed by atoms with E-state index in [1.165, 1.54) is 5.52 Å². The van der Waals surface area contributed by atoms with Crippen molar-refractivity contribution in [2.75, 3.05) is 5.32 Å². The molecule has 0 radical (unpaired) electrons. The standard InChI is InChI=1S/C17H18ClN3/c1-12(2)21-16-9-4-3-8-15(16)20-17(21)11-19-14-7-5-6-13(18)10-14/h3-10,12,19H,11H2,1-2H3. The monoisotopic (exact) mass is 299 g/mol. The van der Waals surface area contributed by atoms with Gasteiger partial charge in [-0.25, -0.2) is 4.98 Å². The van der Waals surface area contributed by atoms with Crippen molar-refractivity contribution in [3.05, 3.63) is 59.4 Å². The summed E-state index contributed by atoms with van der Waals surface area (Å²) < 4.78 is 2.27. The summed E-state index contributed by atoms with van der Waals surface area (Å²) in [5.41, 5.74) is 3.22. The predicted octanol–water partition coefficient (Wildman–Crippen LogP) is 4.88. The molecule has 3 nitrogen and oxygen atoms in total. The van der Waals surface area contributed by atoms with Crippen LogP contribution in [0.3, 0.4) is 0 Å². The minimum Gasteiger partial charge on any atom is -0.378 e. The number of benzene rings is 2. The molecule has 0 aliphatic carbocycles. The van der Waals surface area contributed by atoms with Crippen LogP contribution in [0.15, 0.2) is 48.5 Å². The summed E-state index contributed by atoms with van der Waals surface area (Å²) >= 11 is 6.01. The van der Waals surface area contributed by atoms with Gasteiger partial charge in [-0.3, -0.25) is 0 Å². The van der Waals surface area contributed by atoms with Crippen LogP contribution < -0.4 is 5.32 Å². The van der Waals surface area contributed by atoms with E-state index < -0.39 is 0 Å². The Labute approximate surface area is 129 Å². The number of fused-ring (bicyclic) bond motifs is 1. The maximum Gasteiger partial charge on any atom is 0.129 e. The van der Waals surface area contributed by atoms with Crippen molar-refractivity contribution in [1.82, 2.24) is 9.55 Å². The third kappa shape index (κ3) is 2.88. The van der Waals surface area contributed by atoms with Crippen molar-refractivity contribution in [3.8, 4) is 0 Å². The highest BCUT2D eigenvalue weighted by Crippen LogP contribution is 2.22. The zero-order valence-corrected chi connectivity index (χ0v) is 12.9. The lowest BCUT2D eigenvalue weighted by molar-refractivity contribution is 0.589. The number of para-hydroxylation sites is 2. The van der Waals surface area contributed by atoms with Crippen LogP contribution in [0.4, 0.5) is 5.69 Å². The molecule has 21 heavy (non-hydrogen) atoms. The number of rotatable bonds is 4. The Kier molecular flexibility index (Phi) is 3.84. The Morgan fingerprint density at radius 1 is 1.14 bits per heavy atom. The summed E-state index contributed by atoms with van der Waals surface area (Å²) in [6.07, 6.45) is 0. The van der Waals surface area contributed by atoms with Crippen LogP contribution in [0, 0.1) is 0 Å². The molecule has 0 unspecified atom stereocenters. The van der Waals surface area contributed by atoms with E-state index >= 15 is 0 Å². The maximum absolute atomic E-state index is 6.01. The molecule has 0 atom stereocenters. The normalized spacial score (nSPS) is 11.2. The number of nitrogens with one attached hydrogen (secondary N) is 1. The van der Waals surface area contributed by atoms with Crippen molar-refractivity contribution < 1.29 is 0 Å². The molecule has 1 aromatic heterocycles. The van der Waals surface area contributed by atoms with Gasteiger partial charge in [0.25, 0.3) is 0 Å². The highest BCUT2D eigenvalue weighted by atomic mass is 35.5. The second-order valence-electron chi connectivity index (χ2n) is 5.34. The van der Waals surface area contributed by atoms with Crippen molar-refractivity contribution in [1.29, 1.82) is 0 Å². The van der Waals surface area contributed by atoms with E-state index in [0.29, 0.717) is 12.6 Å². The van der Waals surface area contributed by atoms with Crippen LogP contribution in [-0.2, 0) is 6.54 Å². The molecule has 0 aliphatic rings. The van der Waals surface area contributed by atoms with E-state index in [1.807, 2.05) is 30.3 Å². The summed E-state index contributed by atoms with van der Waals surface area (Å²) in [7, 11) is 0. The first-order chi connectivity index (χ1) is 10.1. The maximum atomic E-state index is 6.01. The second kappa shape index (κ2) is 5.78. The molecule has 0 spiro atoms. The Hall–Kier alpha value is -2.00. The Balaban J connectivity index is 1.91. The molecule has 4 heteroatoms. The Bertz CT molecular complexity index is 762. The number of imidazole rings is 1. The molecular formula is C17H18ClN3. The predicted molar refractivity (Wildman–Crippen MR) is 88.9 cm³/mol. The second-order valence-corrected chi connectivity index (χ2v) is 5.78. The number of aromatic nitrogens is 2. The van der Waals surface area contributed by atoms with Crippen LogP contribution >= 0.6 is 11.6 Å². The van der Waals surface area contributed by atoms with Gasteiger partial charge in [0, 0.05) is 16.8 Å². The molecule has 0 aliphatic heterocycles. The summed E-state index contributed by atoms with van der Waals surface area (Å²) in [6, 6.07) is 16.4. The summed E-state index contributed by atoms with van der Waals surface area (Å²) in [5, 5.41) is 4.12. The molecule has 0 fully saturated rings. The van der Waals surface area contributed by atoms with Gasteiger partial charge in [-0.2, -0.15) is 0 Å². The molecule has 2 aromatic carbocycles. The van der Waals surface area contributed by atoms with Gasteiger partial charge in [-0.05, 0) is 44.2 Å². The minimum absolute atomic E-state index is 0.369. The van der Waals surface area contributed by atoms with Crippen LogP contribution in [0.2, 0.25) is 5.02 Å². The molecule has 0 amide bonds. The van der Waals surface area contributed by atoms with Crippen molar-refractivity contribution in [2.24, 2.45) is 0 Å². The first kappa shape index (κ1) is 14.0. The molecular weight excluding hydrogens is 282 g/mol. The third-order valence-corrected chi connectivity index (χ3v) is 3.70. The molecule has 108 valence electrons. The first-order valence-electron chi connectivity index (χ1n) is 7.10. The smallest absolute Gasteiger partial charge is 0.129 e. The van der Waals surface area contributed by atoms with Crippen molar-refractivity contribution in [3.63, 3.8) is 0 Å². The number of halogens is 1. The quantitative estimate of drug-likeness (QED) is 0.744. The average molecular weight is 300 g/mol. The first-order valence-corrected chi connectivity index (χ1v) is 7.48. The van der Waals surface area contributed by atoms with Gasteiger partial charge >= 0.3 is 0 Å². The van der Waals surface area contributed by atoms with Crippen molar-refractivity contribution in [2.45, 2.75) is 26.4 Å². The third-order valence-electron chi connectivity index (χ3n) is 3.46. The number of anilines is 1. The minimum atomic E-state index is 0.369. The van der Waals surface area contributed by atoms with Gasteiger partial charge in [-0.15, -0.1) is 0 Å². The number of hydrogen-bond donors (Lipinski definition) is 1. The lowest BCUT2D eigenvalue weighted by Gasteiger charge is -2.14. The van der Waals surface area contributed by atoms with Gasteiger partial charge in [0.05, 0.1) is 17.6 Å².